The molecule has 0 aromatic heterocycles. The number of rotatable bonds is 70. The van der Waals surface area contributed by atoms with Gasteiger partial charge in [0.2, 0.25) is 11.8 Å². The zero-order valence-corrected chi connectivity index (χ0v) is 59.4. The second kappa shape index (κ2) is 64.0. The molecule has 532 valence electrons. The van der Waals surface area contributed by atoms with Gasteiger partial charge in [-0.2, -0.15) is 0 Å². The lowest BCUT2D eigenvalue weighted by atomic mass is 10.0. The molecular formula is C76H148N4O10. The first-order chi connectivity index (χ1) is 43.9. The van der Waals surface area contributed by atoms with Crippen molar-refractivity contribution in [1.82, 2.24) is 20.4 Å². The average molecular weight is 1280 g/mol. The van der Waals surface area contributed by atoms with E-state index in [1.807, 2.05) is 9.80 Å². The molecular weight excluding hydrogens is 1130 g/mol. The molecule has 0 saturated carbocycles. The zero-order valence-electron chi connectivity index (χ0n) is 59.4. The third-order valence-electron chi connectivity index (χ3n) is 18.8. The van der Waals surface area contributed by atoms with Crippen LogP contribution in [-0.2, 0) is 28.7 Å². The number of amides is 2. The molecule has 0 aromatic carbocycles. The highest BCUT2D eigenvalue weighted by Crippen LogP contribution is 2.19. The summed E-state index contributed by atoms with van der Waals surface area (Å²) in [5.41, 5.74) is 0. The van der Waals surface area contributed by atoms with Gasteiger partial charge in [0.05, 0.1) is 37.3 Å². The van der Waals surface area contributed by atoms with Gasteiger partial charge < -0.3 is 40.5 Å². The molecule has 1 aliphatic heterocycles. The van der Waals surface area contributed by atoms with Crippen molar-refractivity contribution in [2.45, 2.75) is 411 Å². The zero-order chi connectivity index (χ0) is 65.6. The second-order valence-corrected chi connectivity index (χ2v) is 27.8. The molecule has 1 rings (SSSR count). The van der Waals surface area contributed by atoms with E-state index in [2.05, 4.69) is 38.3 Å². The Kier molecular flexibility index (Phi) is 60.9. The van der Waals surface area contributed by atoms with Crippen LogP contribution in [0.1, 0.15) is 374 Å². The van der Waals surface area contributed by atoms with Crippen LogP contribution in [0.15, 0.2) is 0 Å². The Labute approximate surface area is 554 Å². The van der Waals surface area contributed by atoms with Crippen LogP contribution in [0.4, 0.5) is 0 Å². The number of ether oxygens (including phenoxy) is 2. The molecule has 0 spiro atoms. The highest BCUT2D eigenvalue weighted by atomic mass is 16.5. The highest BCUT2D eigenvalue weighted by Gasteiger charge is 2.35. The van der Waals surface area contributed by atoms with Crippen molar-refractivity contribution in [2.75, 3.05) is 52.5 Å². The second-order valence-electron chi connectivity index (χ2n) is 27.8. The predicted molar refractivity (Wildman–Crippen MR) is 375 cm³/mol. The largest absolute Gasteiger partial charge is 0.463 e. The molecule has 6 N–H and O–H groups in total. The van der Waals surface area contributed by atoms with Gasteiger partial charge in [-0.1, -0.05) is 336 Å². The van der Waals surface area contributed by atoms with Crippen LogP contribution < -0.4 is 10.6 Å². The molecule has 2 amide bonds. The molecule has 6 atom stereocenters. The lowest BCUT2D eigenvalue weighted by molar-refractivity contribution is -0.152. The normalized spacial score (nSPS) is 15.8. The van der Waals surface area contributed by atoms with Gasteiger partial charge in [-0.3, -0.25) is 29.0 Å². The minimum absolute atomic E-state index is 0.00819. The Hall–Kier alpha value is -2.36. The summed E-state index contributed by atoms with van der Waals surface area (Å²) >= 11 is 0. The first kappa shape index (κ1) is 85.7. The summed E-state index contributed by atoms with van der Waals surface area (Å²) in [7, 11) is 0. The number of nitrogens with one attached hydrogen (secondary N) is 2. The number of unbranched alkanes of at least 4 members (excludes halogenated alkanes) is 44. The summed E-state index contributed by atoms with van der Waals surface area (Å²) in [6.07, 6.45) is 60.2. The summed E-state index contributed by atoms with van der Waals surface area (Å²) < 4.78 is 11.1. The van der Waals surface area contributed by atoms with E-state index in [9.17, 15) is 39.6 Å². The lowest BCUT2D eigenvalue weighted by Crippen LogP contribution is -2.64. The van der Waals surface area contributed by atoms with Crippen molar-refractivity contribution in [3.8, 4) is 0 Å². The maximum Gasteiger partial charge on any atom is 0.307 e. The topological polar surface area (TPSA) is 198 Å². The van der Waals surface area contributed by atoms with Gasteiger partial charge in [0, 0.05) is 39.3 Å². The molecule has 14 heteroatoms. The molecule has 0 aliphatic carbocycles. The molecule has 0 radical (unpaired) electrons. The van der Waals surface area contributed by atoms with E-state index in [1.165, 1.54) is 257 Å². The van der Waals surface area contributed by atoms with Crippen molar-refractivity contribution < 1.29 is 49.1 Å². The van der Waals surface area contributed by atoms with Gasteiger partial charge in [-0.15, -0.1) is 0 Å². The monoisotopic (exact) mass is 1280 g/mol. The number of nitrogens with zero attached hydrogens (tertiary/aromatic N) is 2. The van der Waals surface area contributed by atoms with Crippen molar-refractivity contribution in [3.05, 3.63) is 0 Å². The predicted octanol–water partition coefficient (Wildman–Crippen LogP) is 17.2. The van der Waals surface area contributed by atoms with Gasteiger partial charge in [-0.05, 0) is 25.7 Å². The first-order valence-corrected chi connectivity index (χ1v) is 39.0. The summed E-state index contributed by atoms with van der Waals surface area (Å²) in [5.74, 6) is -2.21. The fraction of sp³-hybridized carbons (Fsp3) is 0.947. The van der Waals surface area contributed by atoms with Gasteiger partial charge in [0.1, 0.15) is 25.3 Å². The van der Waals surface area contributed by atoms with Crippen LogP contribution in [0.5, 0.6) is 0 Å². The number of hydrogen-bond donors (Lipinski definition) is 6. The maximum absolute atomic E-state index is 13.2. The highest BCUT2D eigenvalue weighted by molar-refractivity contribution is 5.97. The van der Waals surface area contributed by atoms with Gasteiger partial charge in [-0.25, -0.2) is 0 Å². The van der Waals surface area contributed by atoms with Crippen molar-refractivity contribution in [3.63, 3.8) is 0 Å². The molecule has 6 unspecified atom stereocenters. The SMILES string of the molecule is CCCCCCCCCCCCCCC(O)CN(CCC(=O)OCC1NC(=O)C(COC(=O)CCN(CC(O)CCCCCCCCCCCCCC)CC(O)CCCCCCCCCCCCCC)NC1=O)CC(O)CCCCCCCCCCCCCC. The Morgan fingerprint density at radius 2 is 0.500 bits per heavy atom. The molecule has 0 aromatic rings. The molecule has 1 aliphatic rings. The molecule has 90 heavy (non-hydrogen) atoms. The van der Waals surface area contributed by atoms with E-state index in [1.54, 1.807) is 0 Å². The van der Waals surface area contributed by atoms with E-state index in [4.69, 9.17) is 9.47 Å². The van der Waals surface area contributed by atoms with Gasteiger partial charge in [0.15, 0.2) is 0 Å². The quantitative estimate of drug-likeness (QED) is 0.0249. The summed E-state index contributed by atoms with van der Waals surface area (Å²) in [5, 5.41) is 49.9. The van der Waals surface area contributed by atoms with Gasteiger partial charge in [0.25, 0.3) is 0 Å². The van der Waals surface area contributed by atoms with Crippen LogP contribution in [0, 0.1) is 0 Å². The minimum atomic E-state index is -1.12. The number of carbonyl (C=O) groups is 4. The van der Waals surface area contributed by atoms with Crippen LogP contribution in [0.2, 0.25) is 0 Å². The van der Waals surface area contributed by atoms with Crippen LogP contribution in [0.25, 0.3) is 0 Å². The van der Waals surface area contributed by atoms with Crippen LogP contribution in [-0.4, -0.2) is 143 Å². The van der Waals surface area contributed by atoms with E-state index in [0.717, 1.165) is 51.4 Å². The molecule has 1 heterocycles. The number of aliphatic hydroxyl groups is 4. The summed E-state index contributed by atoms with van der Waals surface area (Å²) in [4.78, 5) is 56.7. The Bertz CT molecular complexity index is 1420. The number of esters is 2. The number of hydrogen-bond acceptors (Lipinski definition) is 12. The van der Waals surface area contributed by atoms with Crippen LogP contribution >= 0.6 is 0 Å². The third kappa shape index (κ3) is 55.0. The Balaban J connectivity index is 2.66. The first-order valence-electron chi connectivity index (χ1n) is 39.0. The van der Waals surface area contributed by atoms with E-state index in [0.29, 0.717) is 51.9 Å². The lowest BCUT2D eigenvalue weighted by Gasteiger charge is -2.29. The van der Waals surface area contributed by atoms with E-state index >= 15 is 0 Å². The van der Waals surface area contributed by atoms with Crippen molar-refractivity contribution >= 4 is 23.8 Å². The van der Waals surface area contributed by atoms with E-state index in [-0.39, 0.29) is 39.1 Å². The maximum atomic E-state index is 13.2. The fourth-order valence-electron chi connectivity index (χ4n) is 12.9. The van der Waals surface area contributed by atoms with Crippen LogP contribution in [0.3, 0.4) is 0 Å². The Morgan fingerprint density at radius 1 is 0.322 bits per heavy atom. The van der Waals surface area contributed by atoms with Crippen molar-refractivity contribution in [1.29, 1.82) is 0 Å². The minimum Gasteiger partial charge on any atom is -0.463 e. The molecule has 0 bridgehead atoms. The number of aliphatic hydroxyl groups excluding tert-OH is 4. The van der Waals surface area contributed by atoms with Gasteiger partial charge >= 0.3 is 11.9 Å². The fourth-order valence-corrected chi connectivity index (χ4v) is 12.9. The number of piperazine rings is 1. The average Bonchev–Trinajstić information content (AvgIpc) is 2.24. The smallest absolute Gasteiger partial charge is 0.307 e. The standard InChI is InChI=1S/C76H148N4O10/c1-5-9-13-17-21-25-29-33-37-41-45-49-53-67(81)61-79(62-68(82)54-50-46-42-38-34-30-26-22-18-14-10-6-2)59-57-73(85)89-65-71-75(87)78-72(76(88)77-71)66-90-74(86)58-60-80(63-69(83)55-51-47-43-39-35-31-27-23-19-15-11-7-3)64-70(84)56-52-48-44-40-36-32-28-24-20-16-12-8-4/h67-72,81-84H,5-66H2,1-4H3,(H,77,88)(H,78,87). The molecule has 14 nitrogen and oxygen atoms in total. The Morgan fingerprint density at radius 3 is 0.689 bits per heavy atom. The molecule has 1 fully saturated rings. The third-order valence-corrected chi connectivity index (χ3v) is 18.8. The number of carbonyl (C=O) groups excluding carboxylic acids is 4. The summed E-state index contributed by atoms with van der Waals surface area (Å²) in [6, 6.07) is -2.23. The van der Waals surface area contributed by atoms with Crippen molar-refractivity contribution in [2.24, 2.45) is 0 Å². The van der Waals surface area contributed by atoms with E-state index < -0.39 is 60.3 Å². The summed E-state index contributed by atoms with van der Waals surface area (Å²) in [6.45, 7) is 10.2. The molecule has 1 saturated heterocycles.